The van der Waals surface area contributed by atoms with E-state index in [1.165, 1.54) is 31.4 Å². The number of aliphatic imine (C=N–C) groups is 1. The maximum absolute atomic E-state index is 13.7. The lowest BCUT2D eigenvalue weighted by atomic mass is 9.83. The van der Waals surface area contributed by atoms with Gasteiger partial charge in [0.05, 0.1) is 5.54 Å². The van der Waals surface area contributed by atoms with Crippen LogP contribution in [0.3, 0.4) is 0 Å². The van der Waals surface area contributed by atoms with Gasteiger partial charge in [-0.3, -0.25) is 9.80 Å². The molecule has 0 bridgehead atoms. The zero-order chi connectivity index (χ0) is 17.4. The van der Waals surface area contributed by atoms with E-state index in [4.69, 9.17) is 0 Å². The van der Waals surface area contributed by atoms with Gasteiger partial charge in [0, 0.05) is 31.0 Å². The Morgan fingerprint density at radius 2 is 2.28 bits per heavy atom. The highest BCUT2D eigenvalue weighted by atomic mass is 19.1. The van der Waals surface area contributed by atoms with Crippen molar-refractivity contribution in [1.29, 1.82) is 0 Å². The second-order valence-corrected chi connectivity index (χ2v) is 7.49. The van der Waals surface area contributed by atoms with Crippen LogP contribution < -0.4 is 4.90 Å². The molecule has 132 valence electrons. The van der Waals surface area contributed by atoms with E-state index in [0.717, 1.165) is 25.9 Å². The smallest absolute Gasteiger partial charge is 0.297 e. The number of hydrogen-bond acceptors (Lipinski definition) is 2. The van der Waals surface area contributed by atoms with Crippen molar-refractivity contribution in [1.82, 2.24) is 4.90 Å². The minimum absolute atomic E-state index is 0.287. The Morgan fingerprint density at radius 1 is 1.40 bits per heavy atom. The molecule has 1 aromatic carbocycles. The van der Waals surface area contributed by atoms with Gasteiger partial charge in [-0.15, -0.1) is 0 Å². The molecule has 0 aromatic heterocycles. The number of hydrogen-bond donors (Lipinski definition) is 0. The molecule has 0 N–H and O–H groups in total. The van der Waals surface area contributed by atoms with Crippen molar-refractivity contribution in [3.05, 3.63) is 41.7 Å². The Balaban J connectivity index is 1.55. The molecule has 2 heterocycles. The number of urea groups is 1. The number of amides is 2. The summed E-state index contributed by atoms with van der Waals surface area (Å²) in [5.74, 6) is -0.328. The standard InChI is InChI=1S/C20H24FN3O/c1-15-12-20(9-10-23(15)13-16-5-2-3-6-16)14-22-19(25)24(20)18-8-4-7-17(21)11-18/h4-5,7-8,11,14-15H,2-3,6,9-10,12-13H2,1H3. The zero-order valence-corrected chi connectivity index (χ0v) is 14.6. The van der Waals surface area contributed by atoms with Crippen LogP contribution in [-0.4, -0.2) is 41.8 Å². The molecule has 1 aliphatic carbocycles. The lowest BCUT2D eigenvalue weighted by Crippen LogP contribution is -2.58. The summed E-state index contributed by atoms with van der Waals surface area (Å²) < 4.78 is 13.7. The van der Waals surface area contributed by atoms with Crippen molar-refractivity contribution < 1.29 is 9.18 Å². The molecular formula is C20H24FN3O. The fourth-order valence-electron chi connectivity index (χ4n) is 4.46. The van der Waals surface area contributed by atoms with Crippen molar-refractivity contribution in [2.24, 2.45) is 4.99 Å². The van der Waals surface area contributed by atoms with Crippen LogP contribution in [0.15, 0.2) is 40.9 Å². The Kier molecular flexibility index (Phi) is 4.20. The van der Waals surface area contributed by atoms with Crippen LogP contribution in [0.4, 0.5) is 14.9 Å². The van der Waals surface area contributed by atoms with E-state index in [1.54, 1.807) is 28.8 Å². The van der Waals surface area contributed by atoms with E-state index < -0.39 is 5.54 Å². The number of carbonyl (C=O) groups excluding carboxylic acids is 1. The number of benzene rings is 1. The first-order valence-electron chi connectivity index (χ1n) is 9.14. The van der Waals surface area contributed by atoms with Crippen LogP contribution in [0.5, 0.6) is 0 Å². The van der Waals surface area contributed by atoms with Gasteiger partial charge < -0.3 is 0 Å². The Labute approximate surface area is 148 Å². The van der Waals surface area contributed by atoms with Crippen molar-refractivity contribution in [3.8, 4) is 0 Å². The van der Waals surface area contributed by atoms with Gasteiger partial charge in [-0.05, 0) is 57.2 Å². The lowest BCUT2D eigenvalue weighted by molar-refractivity contribution is 0.143. The van der Waals surface area contributed by atoms with Gasteiger partial charge in [0.2, 0.25) is 0 Å². The normalized spacial score (nSPS) is 29.7. The number of rotatable bonds is 3. The van der Waals surface area contributed by atoms with E-state index in [2.05, 4.69) is 22.9 Å². The Bertz CT molecular complexity index is 744. The number of piperidine rings is 1. The molecule has 4 nitrogen and oxygen atoms in total. The number of halogens is 1. The highest BCUT2D eigenvalue weighted by Crippen LogP contribution is 2.38. The van der Waals surface area contributed by atoms with Gasteiger partial charge in [0.1, 0.15) is 5.82 Å². The summed E-state index contributed by atoms with van der Waals surface area (Å²) in [6.07, 6.45) is 9.51. The van der Waals surface area contributed by atoms with Gasteiger partial charge >= 0.3 is 6.03 Å². The average molecular weight is 341 g/mol. The number of likely N-dealkylation sites (tertiary alicyclic amines) is 1. The molecule has 1 fully saturated rings. The Morgan fingerprint density at radius 3 is 3.00 bits per heavy atom. The van der Waals surface area contributed by atoms with Crippen LogP contribution in [-0.2, 0) is 0 Å². The molecule has 25 heavy (non-hydrogen) atoms. The highest BCUT2D eigenvalue weighted by Gasteiger charge is 2.47. The molecule has 3 aliphatic rings. The Hall–Kier alpha value is -2.01. The molecule has 1 saturated heterocycles. The molecule has 4 rings (SSSR count). The summed E-state index contributed by atoms with van der Waals surface area (Å²) in [5, 5.41) is 0. The topological polar surface area (TPSA) is 35.9 Å². The predicted octanol–water partition coefficient (Wildman–Crippen LogP) is 4.17. The maximum Gasteiger partial charge on any atom is 0.348 e. The number of anilines is 1. The van der Waals surface area contributed by atoms with Crippen molar-refractivity contribution in [2.75, 3.05) is 18.0 Å². The average Bonchev–Trinajstić information content (AvgIpc) is 3.19. The first kappa shape index (κ1) is 16.5. The number of allylic oxidation sites excluding steroid dienone is 1. The van der Waals surface area contributed by atoms with Gasteiger partial charge in [0.15, 0.2) is 0 Å². The van der Waals surface area contributed by atoms with Gasteiger partial charge in [-0.25, -0.2) is 14.2 Å². The van der Waals surface area contributed by atoms with E-state index in [1.807, 2.05) is 0 Å². The van der Waals surface area contributed by atoms with Crippen LogP contribution in [0.25, 0.3) is 0 Å². The van der Waals surface area contributed by atoms with Gasteiger partial charge in [-0.1, -0.05) is 17.7 Å². The lowest BCUT2D eigenvalue weighted by Gasteiger charge is -2.46. The van der Waals surface area contributed by atoms with Crippen molar-refractivity contribution in [2.45, 2.75) is 50.6 Å². The minimum atomic E-state index is -0.426. The van der Waals surface area contributed by atoms with Crippen molar-refractivity contribution in [3.63, 3.8) is 0 Å². The zero-order valence-electron chi connectivity index (χ0n) is 14.6. The van der Waals surface area contributed by atoms with Crippen LogP contribution >= 0.6 is 0 Å². The van der Waals surface area contributed by atoms with E-state index in [-0.39, 0.29) is 11.8 Å². The van der Waals surface area contributed by atoms with Crippen molar-refractivity contribution >= 4 is 17.9 Å². The highest BCUT2D eigenvalue weighted by molar-refractivity contribution is 6.08. The molecule has 2 atom stereocenters. The van der Waals surface area contributed by atoms with Crippen LogP contribution in [0, 0.1) is 5.82 Å². The van der Waals surface area contributed by atoms with Gasteiger partial charge in [-0.2, -0.15) is 0 Å². The number of nitrogens with zero attached hydrogens (tertiary/aromatic N) is 3. The molecule has 1 aromatic rings. The van der Waals surface area contributed by atoms with Crippen LogP contribution in [0.2, 0.25) is 0 Å². The maximum atomic E-state index is 13.7. The molecular weight excluding hydrogens is 317 g/mol. The third-order valence-corrected chi connectivity index (χ3v) is 5.76. The minimum Gasteiger partial charge on any atom is -0.297 e. The third kappa shape index (κ3) is 3.01. The summed E-state index contributed by atoms with van der Waals surface area (Å²) in [6, 6.07) is 6.33. The monoisotopic (exact) mass is 341 g/mol. The molecule has 2 unspecified atom stereocenters. The molecule has 0 saturated carbocycles. The molecule has 5 heteroatoms. The SMILES string of the molecule is CC1CC2(C=NC(=O)N2c2cccc(F)c2)CCN1CC1=CCCC1. The summed E-state index contributed by atoms with van der Waals surface area (Å²) in [5.41, 5.74) is 1.72. The molecule has 0 radical (unpaired) electrons. The van der Waals surface area contributed by atoms with E-state index in [0.29, 0.717) is 11.7 Å². The first-order valence-corrected chi connectivity index (χ1v) is 9.14. The summed E-state index contributed by atoms with van der Waals surface area (Å²) in [7, 11) is 0. The fourth-order valence-corrected chi connectivity index (χ4v) is 4.46. The molecule has 2 amide bonds. The van der Waals surface area contributed by atoms with E-state index in [9.17, 15) is 9.18 Å². The molecule has 1 spiro atoms. The predicted molar refractivity (Wildman–Crippen MR) is 97.7 cm³/mol. The largest absolute Gasteiger partial charge is 0.348 e. The summed E-state index contributed by atoms with van der Waals surface area (Å²) in [4.78, 5) is 20.7. The quantitative estimate of drug-likeness (QED) is 0.774. The molecule has 2 aliphatic heterocycles. The summed E-state index contributed by atoms with van der Waals surface area (Å²) >= 11 is 0. The fraction of sp³-hybridized carbons (Fsp3) is 0.500. The van der Waals surface area contributed by atoms with E-state index >= 15 is 0 Å². The third-order valence-electron chi connectivity index (χ3n) is 5.76. The van der Waals surface area contributed by atoms with Gasteiger partial charge in [0.25, 0.3) is 0 Å². The second kappa shape index (κ2) is 6.37. The number of carbonyl (C=O) groups is 1. The first-order chi connectivity index (χ1) is 12.1. The summed E-state index contributed by atoms with van der Waals surface area (Å²) in [6.45, 7) is 4.17. The second-order valence-electron chi connectivity index (χ2n) is 7.49. The van der Waals surface area contributed by atoms with Crippen LogP contribution in [0.1, 0.15) is 39.0 Å².